The van der Waals surface area contributed by atoms with Crippen LogP contribution in [0, 0.1) is 11.6 Å². The molecule has 1 aromatic carbocycles. The van der Waals surface area contributed by atoms with Crippen molar-refractivity contribution in [2.75, 3.05) is 0 Å². The summed E-state index contributed by atoms with van der Waals surface area (Å²) in [6.45, 7) is 0. The van der Waals surface area contributed by atoms with Gasteiger partial charge in [0.25, 0.3) is 0 Å². The van der Waals surface area contributed by atoms with Crippen molar-refractivity contribution in [3.8, 4) is 0 Å². The van der Waals surface area contributed by atoms with E-state index in [0.29, 0.717) is 11.5 Å². The Balaban J connectivity index is 2.24. The minimum atomic E-state index is -0.494. The van der Waals surface area contributed by atoms with E-state index in [0.717, 1.165) is 18.4 Å². The van der Waals surface area contributed by atoms with Gasteiger partial charge in [-0.25, -0.2) is 8.78 Å². The molecule has 0 unspecified atom stereocenters. The lowest BCUT2D eigenvalue weighted by atomic mass is 9.97. The zero-order valence-electron chi connectivity index (χ0n) is 8.64. The largest absolute Gasteiger partial charge is 0.207 e. The van der Waals surface area contributed by atoms with Gasteiger partial charge in [0.05, 0.1) is 0 Å². The lowest BCUT2D eigenvalue weighted by Gasteiger charge is -2.11. The van der Waals surface area contributed by atoms with E-state index in [-0.39, 0.29) is 5.56 Å². The normalized spacial score (nSPS) is 15.7. The molecule has 1 aliphatic carbocycles. The van der Waals surface area contributed by atoms with Crippen LogP contribution in [0.2, 0.25) is 0 Å². The van der Waals surface area contributed by atoms with Crippen LogP contribution in [0.15, 0.2) is 41.0 Å². The SMILES string of the molecule is Fc1cccc(F)c1CC1=CC(Cl)=CCC1. The van der Waals surface area contributed by atoms with Crippen LogP contribution in [0.25, 0.3) is 0 Å². The van der Waals surface area contributed by atoms with Crippen molar-refractivity contribution in [1.82, 2.24) is 0 Å². The van der Waals surface area contributed by atoms with Gasteiger partial charge in [0.2, 0.25) is 0 Å². The van der Waals surface area contributed by atoms with Crippen molar-refractivity contribution in [3.05, 3.63) is 58.2 Å². The molecule has 84 valence electrons. The number of halogens is 3. The standard InChI is InChI=1S/C13H11ClF2/c14-10-4-1-3-9(7-10)8-11-12(15)5-2-6-13(11)16/h2,4-7H,1,3,8H2. The molecule has 0 aliphatic heterocycles. The van der Waals surface area contributed by atoms with E-state index in [1.807, 2.05) is 6.08 Å². The molecule has 0 amide bonds. The van der Waals surface area contributed by atoms with Crippen LogP contribution in [-0.2, 0) is 6.42 Å². The van der Waals surface area contributed by atoms with Crippen LogP contribution in [0.3, 0.4) is 0 Å². The van der Waals surface area contributed by atoms with Crippen molar-refractivity contribution in [2.45, 2.75) is 19.3 Å². The number of allylic oxidation sites excluding steroid dienone is 4. The fourth-order valence-corrected chi connectivity index (χ4v) is 2.05. The first-order chi connectivity index (χ1) is 7.66. The third-order valence-corrected chi connectivity index (χ3v) is 2.88. The second-order valence-electron chi connectivity index (χ2n) is 3.81. The Morgan fingerprint density at radius 3 is 2.50 bits per heavy atom. The van der Waals surface area contributed by atoms with Gasteiger partial charge in [0, 0.05) is 10.6 Å². The Bertz CT molecular complexity index is 441. The van der Waals surface area contributed by atoms with Gasteiger partial charge in [-0.15, -0.1) is 0 Å². The van der Waals surface area contributed by atoms with E-state index in [9.17, 15) is 8.78 Å². The zero-order chi connectivity index (χ0) is 11.5. The molecular formula is C13H11ClF2. The third-order valence-electron chi connectivity index (χ3n) is 2.61. The molecule has 0 atom stereocenters. The van der Waals surface area contributed by atoms with E-state index in [1.54, 1.807) is 6.08 Å². The van der Waals surface area contributed by atoms with Gasteiger partial charge in [0.1, 0.15) is 11.6 Å². The Labute approximate surface area is 98.2 Å². The first-order valence-electron chi connectivity index (χ1n) is 5.15. The average Bonchev–Trinajstić information content (AvgIpc) is 2.24. The number of hydrogen-bond acceptors (Lipinski definition) is 0. The quantitative estimate of drug-likeness (QED) is 0.721. The minimum Gasteiger partial charge on any atom is -0.207 e. The minimum absolute atomic E-state index is 0.125. The molecule has 0 heterocycles. The van der Waals surface area contributed by atoms with Crippen molar-refractivity contribution in [1.29, 1.82) is 0 Å². The van der Waals surface area contributed by atoms with Crippen molar-refractivity contribution < 1.29 is 8.78 Å². The summed E-state index contributed by atoms with van der Waals surface area (Å²) in [5, 5.41) is 0.651. The van der Waals surface area contributed by atoms with E-state index in [4.69, 9.17) is 11.6 Å². The molecule has 0 N–H and O–H groups in total. The fraction of sp³-hybridized carbons (Fsp3) is 0.231. The Hall–Kier alpha value is -1.15. The van der Waals surface area contributed by atoms with Crippen LogP contribution < -0.4 is 0 Å². The second-order valence-corrected chi connectivity index (χ2v) is 4.24. The highest BCUT2D eigenvalue weighted by Crippen LogP contribution is 2.25. The molecule has 0 radical (unpaired) electrons. The van der Waals surface area contributed by atoms with Crippen molar-refractivity contribution in [2.24, 2.45) is 0 Å². The van der Waals surface area contributed by atoms with Crippen LogP contribution in [-0.4, -0.2) is 0 Å². The summed E-state index contributed by atoms with van der Waals surface area (Å²) in [4.78, 5) is 0. The molecule has 0 saturated carbocycles. The summed E-state index contributed by atoms with van der Waals surface area (Å²) in [5.41, 5.74) is 1.09. The van der Waals surface area contributed by atoms with Gasteiger partial charge in [-0.2, -0.15) is 0 Å². The van der Waals surface area contributed by atoms with Gasteiger partial charge in [0.15, 0.2) is 0 Å². The number of rotatable bonds is 2. The third kappa shape index (κ3) is 2.50. The molecule has 0 bridgehead atoms. The fourth-order valence-electron chi connectivity index (χ4n) is 1.79. The van der Waals surface area contributed by atoms with E-state index in [2.05, 4.69) is 0 Å². The van der Waals surface area contributed by atoms with Crippen molar-refractivity contribution in [3.63, 3.8) is 0 Å². The maximum Gasteiger partial charge on any atom is 0.129 e. The monoisotopic (exact) mass is 240 g/mol. The zero-order valence-corrected chi connectivity index (χ0v) is 9.40. The average molecular weight is 241 g/mol. The number of hydrogen-bond donors (Lipinski definition) is 0. The van der Waals surface area contributed by atoms with Gasteiger partial charge < -0.3 is 0 Å². The molecule has 1 aliphatic rings. The van der Waals surface area contributed by atoms with Crippen LogP contribution >= 0.6 is 11.6 Å². The van der Waals surface area contributed by atoms with E-state index in [1.165, 1.54) is 18.2 Å². The van der Waals surface area contributed by atoms with Crippen LogP contribution in [0.1, 0.15) is 18.4 Å². The lowest BCUT2D eigenvalue weighted by Crippen LogP contribution is -2.00. The van der Waals surface area contributed by atoms with Gasteiger partial charge >= 0.3 is 0 Å². The Morgan fingerprint density at radius 1 is 1.19 bits per heavy atom. The molecule has 0 spiro atoms. The summed E-state index contributed by atoms with van der Waals surface area (Å²) < 4.78 is 26.8. The van der Waals surface area contributed by atoms with Gasteiger partial charge in [-0.1, -0.05) is 29.3 Å². The highest BCUT2D eigenvalue weighted by atomic mass is 35.5. The van der Waals surface area contributed by atoms with E-state index < -0.39 is 11.6 Å². The first-order valence-corrected chi connectivity index (χ1v) is 5.52. The summed E-state index contributed by atoms with van der Waals surface area (Å²) in [6, 6.07) is 3.93. The summed E-state index contributed by atoms with van der Waals surface area (Å²) in [7, 11) is 0. The second kappa shape index (κ2) is 4.79. The smallest absolute Gasteiger partial charge is 0.129 e. The Morgan fingerprint density at radius 2 is 1.88 bits per heavy atom. The summed E-state index contributed by atoms with van der Waals surface area (Å²) in [6.07, 6.45) is 5.63. The molecular weight excluding hydrogens is 230 g/mol. The van der Waals surface area contributed by atoms with Crippen LogP contribution in [0.4, 0.5) is 8.78 Å². The van der Waals surface area contributed by atoms with E-state index >= 15 is 0 Å². The highest BCUT2D eigenvalue weighted by molar-refractivity contribution is 6.31. The molecule has 0 nitrogen and oxygen atoms in total. The molecule has 0 fully saturated rings. The lowest BCUT2D eigenvalue weighted by molar-refractivity contribution is 0.559. The van der Waals surface area contributed by atoms with Crippen molar-refractivity contribution >= 4 is 11.6 Å². The molecule has 1 aromatic rings. The summed E-state index contributed by atoms with van der Waals surface area (Å²) >= 11 is 5.85. The molecule has 2 rings (SSSR count). The first kappa shape index (κ1) is 11.3. The molecule has 16 heavy (non-hydrogen) atoms. The Kier molecular flexibility index (Phi) is 3.39. The predicted octanol–water partition coefficient (Wildman–Crippen LogP) is 4.35. The predicted molar refractivity (Wildman–Crippen MR) is 61.3 cm³/mol. The van der Waals surface area contributed by atoms with Crippen LogP contribution in [0.5, 0.6) is 0 Å². The van der Waals surface area contributed by atoms with Gasteiger partial charge in [-0.05, 0) is 37.5 Å². The molecule has 3 heteroatoms. The maximum atomic E-state index is 13.4. The summed E-state index contributed by atoms with van der Waals surface area (Å²) in [5.74, 6) is -0.988. The topological polar surface area (TPSA) is 0 Å². The molecule has 0 aromatic heterocycles. The molecule has 0 saturated heterocycles. The maximum absolute atomic E-state index is 13.4. The van der Waals surface area contributed by atoms with Gasteiger partial charge in [-0.3, -0.25) is 0 Å². The highest BCUT2D eigenvalue weighted by Gasteiger charge is 2.12. The number of benzene rings is 1.